The molecular weight excluding hydrogens is 130 g/mol. The lowest BCUT2D eigenvalue weighted by Gasteiger charge is -2.20. The van der Waals surface area contributed by atoms with Gasteiger partial charge in [-0.1, -0.05) is 6.58 Å². The van der Waals surface area contributed by atoms with Gasteiger partial charge in [-0.25, -0.2) is 0 Å². The fourth-order valence-corrected chi connectivity index (χ4v) is 1.86. The molecular formula is C7H13NS. The van der Waals surface area contributed by atoms with Gasteiger partial charge in [0.25, 0.3) is 0 Å². The molecule has 52 valence electrons. The zero-order valence-corrected chi connectivity index (χ0v) is 6.41. The Morgan fingerprint density at radius 3 is 3.11 bits per heavy atom. The third-order valence-electron chi connectivity index (χ3n) is 1.54. The number of hydrogen-bond acceptors (Lipinski definition) is 2. The summed E-state index contributed by atoms with van der Waals surface area (Å²) in [5.41, 5.74) is 0. The van der Waals surface area contributed by atoms with Crippen LogP contribution in [0.2, 0.25) is 0 Å². The van der Waals surface area contributed by atoms with Gasteiger partial charge in [-0.15, -0.1) is 11.8 Å². The van der Waals surface area contributed by atoms with Gasteiger partial charge in [0.05, 0.1) is 0 Å². The monoisotopic (exact) mass is 143 g/mol. The molecule has 1 N–H and O–H groups in total. The van der Waals surface area contributed by atoms with E-state index in [-0.39, 0.29) is 0 Å². The van der Waals surface area contributed by atoms with Crippen LogP contribution >= 0.6 is 11.8 Å². The fraction of sp³-hybridized carbons (Fsp3) is 0.714. The number of hydrogen-bond donors (Lipinski definition) is 1. The molecule has 1 rings (SSSR count). The molecule has 1 unspecified atom stereocenters. The van der Waals surface area contributed by atoms with E-state index in [0.717, 1.165) is 11.8 Å². The van der Waals surface area contributed by atoms with E-state index in [1.807, 2.05) is 17.2 Å². The van der Waals surface area contributed by atoms with E-state index >= 15 is 0 Å². The Morgan fingerprint density at radius 2 is 2.56 bits per heavy atom. The summed E-state index contributed by atoms with van der Waals surface area (Å²) in [6.07, 6.45) is 2.68. The van der Waals surface area contributed by atoms with E-state index in [1.54, 1.807) is 0 Å². The van der Waals surface area contributed by atoms with E-state index in [0.29, 0.717) is 0 Å². The molecule has 1 aliphatic rings. The highest BCUT2D eigenvalue weighted by Gasteiger charge is 2.10. The lowest BCUT2D eigenvalue weighted by Crippen LogP contribution is -2.31. The second-order valence-corrected chi connectivity index (χ2v) is 3.54. The lowest BCUT2D eigenvalue weighted by atomic mass is 10.2. The summed E-state index contributed by atoms with van der Waals surface area (Å²) in [5.74, 6) is 0. The Kier molecular flexibility index (Phi) is 3.15. The summed E-state index contributed by atoms with van der Waals surface area (Å²) in [6.45, 7) is 6.06. The van der Waals surface area contributed by atoms with Crippen LogP contribution in [-0.4, -0.2) is 18.3 Å². The zero-order chi connectivity index (χ0) is 6.53. The van der Waals surface area contributed by atoms with Crippen molar-refractivity contribution in [3.8, 4) is 0 Å². The van der Waals surface area contributed by atoms with Crippen LogP contribution in [0.15, 0.2) is 12.0 Å². The maximum atomic E-state index is 3.69. The largest absolute Gasteiger partial charge is 0.316 e. The second kappa shape index (κ2) is 3.96. The van der Waals surface area contributed by atoms with E-state index in [1.165, 1.54) is 19.4 Å². The van der Waals surface area contributed by atoms with Crippen molar-refractivity contribution in [2.75, 3.05) is 13.1 Å². The molecule has 0 aromatic rings. The predicted octanol–water partition coefficient (Wildman–Crippen LogP) is 1.62. The van der Waals surface area contributed by atoms with E-state index in [4.69, 9.17) is 0 Å². The van der Waals surface area contributed by atoms with Crippen LogP contribution in [0.3, 0.4) is 0 Å². The minimum absolute atomic E-state index is 0.788. The topological polar surface area (TPSA) is 12.0 Å². The Morgan fingerprint density at radius 1 is 1.67 bits per heavy atom. The van der Waals surface area contributed by atoms with E-state index < -0.39 is 0 Å². The molecule has 1 aliphatic heterocycles. The van der Waals surface area contributed by atoms with Gasteiger partial charge in [0, 0.05) is 11.8 Å². The molecule has 0 saturated carbocycles. The van der Waals surface area contributed by atoms with Crippen LogP contribution < -0.4 is 5.32 Å². The van der Waals surface area contributed by atoms with E-state index in [2.05, 4.69) is 11.9 Å². The van der Waals surface area contributed by atoms with Crippen LogP contribution in [0, 0.1) is 0 Å². The Bertz CT molecular complexity index is 86.9. The number of thioether (sulfide) groups is 1. The van der Waals surface area contributed by atoms with Crippen LogP contribution in [0.5, 0.6) is 0 Å². The predicted molar refractivity (Wildman–Crippen MR) is 43.7 cm³/mol. The maximum Gasteiger partial charge on any atom is 0.0214 e. The van der Waals surface area contributed by atoms with Crippen molar-refractivity contribution in [2.24, 2.45) is 0 Å². The Labute approximate surface area is 60.9 Å². The third kappa shape index (κ3) is 2.41. The van der Waals surface area contributed by atoms with Gasteiger partial charge in [0.1, 0.15) is 0 Å². The standard InChI is InChI=1S/C7H13NS/c1-2-9-7-4-3-5-8-6-7/h2,7-8H,1,3-6H2. The van der Waals surface area contributed by atoms with Crippen molar-refractivity contribution >= 4 is 11.8 Å². The highest BCUT2D eigenvalue weighted by atomic mass is 32.2. The van der Waals surface area contributed by atoms with Crippen molar-refractivity contribution in [1.29, 1.82) is 0 Å². The molecule has 0 aliphatic carbocycles. The second-order valence-electron chi connectivity index (χ2n) is 2.27. The summed E-state index contributed by atoms with van der Waals surface area (Å²) in [4.78, 5) is 0. The van der Waals surface area contributed by atoms with Crippen LogP contribution in [0.4, 0.5) is 0 Å². The Hall–Kier alpha value is 0.0500. The van der Waals surface area contributed by atoms with Gasteiger partial charge in [0.15, 0.2) is 0 Å². The first-order valence-corrected chi connectivity index (χ1v) is 4.35. The van der Waals surface area contributed by atoms with Crippen molar-refractivity contribution in [3.63, 3.8) is 0 Å². The average molecular weight is 143 g/mol. The molecule has 1 heterocycles. The quantitative estimate of drug-likeness (QED) is 0.630. The van der Waals surface area contributed by atoms with Gasteiger partial charge in [-0.05, 0) is 24.8 Å². The first-order chi connectivity index (χ1) is 4.43. The first-order valence-electron chi connectivity index (χ1n) is 3.40. The van der Waals surface area contributed by atoms with Crippen molar-refractivity contribution in [3.05, 3.63) is 12.0 Å². The molecule has 0 aromatic heterocycles. The SMILES string of the molecule is C=CSC1CCCNC1. The molecule has 0 spiro atoms. The highest BCUT2D eigenvalue weighted by molar-refractivity contribution is 8.02. The molecule has 1 atom stereocenters. The van der Waals surface area contributed by atoms with E-state index in [9.17, 15) is 0 Å². The first kappa shape index (κ1) is 7.16. The molecule has 9 heavy (non-hydrogen) atoms. The van der Waals surface area contributed by atoms with Gasteiger partial charge in [0.2, 0.25) is 0 Å². The van der Waals surface area contributed by atoms with Gasteiger partial charge >= 0.3 is 0 Å². The molecule has 2 heteroatoms. The number of rotatable bonds is 2. The lowest BCUT2D eigenvalue weighted by molar-refractivity contribution is 0.532. The number of nitrogens with one attached hydrogen (secondary N) is 1. The molecule has 0 amide bonds. The summed E-state index contributed by atoms with van der Waals surface area (Å²) < 4.78 is 0. The summed E-state index contributed by atoms with van der Waals surface area (Å²) in [6, 6.07) is 0. The molecule has 0 aromatic carbocycles. The van der Waals surface area contributed by atoms with Crippen molar-refractivity contribution < 1.29 is 0 Å². The Balaban J connectivity index is 2.15. The summed E-state index contributed by atoms with van der Waals surface area (Å²) in [7, 11) is 0. The molecule has 1 nitrogen and oxygen atoms in total. The number of piperidine rings is 1. The van der Waals surface area contributed by atoms with Crippen molar-refractivity contribution in [2.45, 2.75) is 18.1 Å². The third-order valence-corrected chi connectivity index (χ3v) is 2.52. The maximum absolute atomic E-state index is 3.69. The van der Waals surface area contributed by atoms with Crippen LogP contribution in [0.25, 0.3) is 0 Å². The molecule has 0 bridgehead atoms. The summed E-state index contributed by atoms with van der Waals surface area (Å²) in [5, 5.41) is 6.08. The molecule has 1 fully saturated rings. The molecule has 1 saturated heterocycles. The van der Waals surface area contributed by atoms with Crippen LogP contribution in [0.1, 0.15) is 12.8 Å². The highest BCUT2D eigenvalue weighted by Crippen LogP contribution is 2.18. The van der Waals surface area contributed by atoms with Gasteiger partial charge in [-0.2, -0.15) is 0 Å². The minimum Gasteiger partial charge on any atom is -0.316 e. The zero-order valence-electron chi connectivity index (χ0n) is 5.60. The fourth-order valence-electron chi connectivity index (χ4n) is 1.07. The van der Waals surface area contributed by atoms with Crippen molar-refractivity contribution in [1.82, 2.24) is 5.32 Å². The van der Waals surface area contributed by atoms with Crippen LogP contribution in [-0.2, 0) is 0 Å². The molecule has 0 radical (unpaired) electrons. The average Bonchev–Trinajstić information content (AvgIpc) is 1.91. The minimum atomic E-state index is 0.788. The van der Waals surface area contributed by atoms with Gasteiger partial charge in [-0.3, -0.25) is 0 Å². The summed E-state index contributed by atoms with van der Waals surface area (Å²) >= 11 is 1.85. The smallest absolute Gasteiger partial charge is 0.0214 e. The normalized spacial score (nSPS) is 27.8. The van der Waals surface area contributed by atoms with Gasteiger partial charge < -0.3 is 5.32 Å².